The molecule has 3 unspecified atom stereocenters. The minimum Gasteiger partial charge on any atom is -0.461 e. The second kappa shape index (κ2) is 5.32. The van der Waals surface area contributed by atoms with Crippen LogP contribution in [0.5, 0.6) is 0 Å². The van der Waals surface area contributed by atoms with Crippen LogP contribution in [-0.2, 0) is 11.3 Å². The summed E-state index contributed by atoms with van der Waals surface area (Å²) in [6.45, 7) is 2.17. The number of ether oxygens (including phenoxy) is 1. The second-order valence-corrected chi connectivity index (χ2v) is 6.76. The number of carbonyl (C=O) groups is 1. The van der Waals surface area contributed by atoms with Crippen molar-refractivity contribution in [3.8, 4) is 0 Å². The van der Waals surface area contributed by atoms with Gasteiger partial charge in [0.25, 0.3) is 0 Å². The maximum absolute atomic E-state index is 15.0. The highest BCUT2D eigenvalue weighted by molar-refractivity contribution is 5.90. The van der Waals surface area contributed by atoms with E-state index in [0.717, 1.165) is 30.5 Å². The SMILES string of the molecule is CCOC(=O)c1c2c(nn1CC1(F)C=CC=CC1)C1CCC2C1. The van der Waals surface area contributed by atoms with Crippen LogP contribution < -0.4 is 0 Å². The van der Waals surface area contributed by atoms with Gasteiger partial charge in [0.2, 0.25) is 0 Å². The molecule has 1 fully saturated rings. The van der Waals surface area contributed by atoms with Gasteiger partial charge in [0, 0.05) is 17.9 Å². The predicted octanol–water partition coefficient (Wildman–Crippen LogP) is 3.65. The fourth-order valence-corrected chi connectivity index (χ4v) is 4.22. The van der Waals surface area contributed by atoms with Gasteiger partial charge < -0.3 is 4.74 Å². The molecular formula is C18H21FN2O2. The van der Waals surface area contributed by atoms with Gasteiger partial charge in [-0.1, -0.05) is 18.2 Å². The van der Waals surface area contributed by atoms with Gasteiger partial charge >= 0.3 is 5.97 Å². The van der Waals surface area contributed by atoms with Crippen molar-refractivity contribution in [1.82, 2.24) is 9.78 Å². The highest BCUT2D eigenvalue weighted by Crippen LogP contribution is 2.54. The van der Waals surface area contributed by atoms with E-state index in [1.165, 1.54) is 0 Å². The summed E-state index contributed by atoms with van der Waals surface area (Å²) in [5.74, 6) is 0.454. The van der Waals surface area contributed by atoms with E-state index in [2.05, 4.69) is 5.10 Å². The molecule has 0 aromatic carbocycles. The van der Waals surface area contributed by atoms with E-state index in [4.69, 9.17) is 4.74 Å². The van der Waals surface area contributed by atoms with Crippen molar-refractivity contribution in [1.29, 1.82) is 0 Å². The number of hydrogen-bond donors (Lipinski definition) is 0. The highest BCUT2D eigenvalue weighted by Gasteiger charge is 2.44. The summed E-state index contributed by atoms with van der Waals surface area (Å²) in [6.07, 6.45) is 10.5. The Bertz CT molecular complexity index is 706. The molecule has 2 bridgehead atoms. The summed E-state index contributed by atoms with van der Waals surface area (Å²) >= 11 is 0. The molecule has 1 aromatic heterocycles. The fraction of sp³-hybridized carbons (Fsp3) is 0.556. The van der Waals surface area contributed by atoms with Crippen molar-refractivity contribution < 1.29 is 13.9 Å². The zero-order valence-electron chi connectivity index (χ0n) is 13.3. The molecule has 0 spiro atoms. The van der Waals surface area contributed by atoms with Crippen LogP contribution in [0.1, 0.15) is 66.2 Å². The Kier molecular flexibility index (Phi) is 3.39. The number of carbonyl (C=O) groups excluding carboxylic acids is 1. The first kappa shape index (κ1) is 14.7. The largest absolute Gasteiger partial charge is 0.461 e. The summed E-state index contributed by atoms with van der Waals surface area (Å²) in [6, 6.07) is 0. The smallest absolute Gasteiger partial charge is 0.356 e. The first-order chi connectivity index (χ1) is 11.1. The van der Waals surface area contributed by atoms with E-state index in [9.17, 15) is 4.79 Å². The molecule has 0 saturated heterocycles. The number of fused-ring (bicyclic) bond motifs is 5. The summed E-state index contributed by atoms with van der Waals surface area (Å²) in [7, 11) is 0. The van der Waals surface area contributed by atoms with Gasteiger partial charge in [0.1, 0.15) is 5.69 Å². The molecular weight excluding hydrogens is 295 g/mol. The number of alkyl halides is 1. The molecule has 23 heavy (non-hydrogen) atoms. The molecule has 1 aromatic rings. The van der Waals surface area contributed by atoms with E-state index in [1.807, 2.05) is 12.2 Å². The zero-order chi connectivity index (χ0) is 16.0. The number of nitrogens with zero attached hydrogens (tertiary/aromatic N) is 2. The topological polar surface area (TPSA) is 44.1 Å². The van der Waals surface area contributed by atoms with Crippen LogP contribution in [0, 0.1) is 0 Å². The van der Waals surface area contributed by atoms with Crippen molar-refractivity contribution in [3.63, 3.8) is 0 Å². The lowest BCUT2D eigenvalue weighted by Crippen LogP contribution is -2.30. The summed E-state index contributed by atoms with van der Waals surface area (Å²) in [4.78, 5) is 12.5. The van der Waals surface area contributed by atoms with Crippen LogP contribution in [-0.4, -0.2) is 28.0 Å². The van der Waals surface area contributed by atoms with Crippen LogP contribution >= 0.6 is 0 Å². The third-order valence-electron chi connectivity index (χ3n) is 5.23. The molecule has 3 atom stereocenters. The monoisotopic (exact) mass is 316 g/mol. The summed E-state index contributed by atoms with van der Waals surface area (Å²) < 4.78 is 21.8. The molecule has 4 rings (SSSR count). The maximum atomic E-state index is 15.0. The lowest BCUT2D eigenvalue weighted by Gasteiger charge is -2.23. The van der Waals surface area contributed by atoms with Crippen molar-refractivity contribution in [3.05, 3.63) is 41.3 Å². The predicted molar refractivity (Wildman–Crippen MR) is 84.3 cm³/mol. The highest BCUT2D eigenvalue weighted by atomic mass is 19.1. The standard InChI is InChI=1S/C18H21FN2O2/c1-2-23-17(22)16-14-12-6-7-13(10-12)15(14)20-21(16)11-18(19)8-4-3-5-9-18/h3-5,8,12-13H,2,6-7,9-11H2,1H3. The summed E-state index contributed by atoms with van der Waals surface area (Å²) in [5, 5.41) is 4.63. The average molecular weight is 316 g/mol. The first-order valence-electron chi connectivity index (χ1n) is 8.42. The molecule has 3 aliphatic carbocycles. The maximum Gasteiger partial charge on any atom is 0.356 e. The number of halogens is 1. The normalized spacial score (nSPS) is 30.7. The molecule has 0 aliphatic heterocycles. The van der Waals surface area contributed by atoms with Crippen LogP contribution in [0.2, 0.25) is 0 Å². The number of allylic oxidation sites excluding steroid dienone is 4. The molecule has 5 heteroatoms. The van der Waals surface area contributed by atoms with Crippen molar-refractivity contribution >= 4 is 5.97 Å². The van der Waals surface area contributed by atoms with Gasteiger partial charge in [0.15, 0.2) is 5.67 Å². The van der Waals surface area contributed by atoms with E-state index < -0.39 is 5.67 Å². The van der Waals surface area contributed by atoms with Crippen LogP contribution in [0.15, 0.2) is 24.3 Å². The molecule has 1 saturated carbocycles. The quantitative estimate of drug-likeness (QED) is 0.796. The van der Waals surface area contributed by atoms with Gasteiger partial charge in [0.05, 0.1) is 18.8 Å². The molecule has 122 valence electrons. The Balaban J connectivity index is 1.73. The number of rotatable bonds is 4. The van der Waals surface area contributed by atoms with E-state index in [-0.39, 0.29) is 12.5 Å². The minimum atomic E-state index is -1.49. The van der Waals surface area contributed by atoms with Gasteiger partial charge in [-0.05, 0) is 38.2 Å². The lowest BCUT2D eigenvalue weighted by molar-refractivity contribution is 0.0505. The third-order valence-corrected chi connectivity index (χ3v) is 5.23. The molecule has 0 radical (unpaired) electrons. The van der Waals surface area contributed by atoms with Crippen molar-refractivity contribution in [2.75, 3.05) is 6.61 Å². The Hall–Kier alpha value is -1.91. The first-order valence-corrected chi connectivity index (χ1v) is 8.42. The number of aromatic nitrogens is 2. The molecule has 0 amide bonds. The van der Waals surface area contributed by atoms with Gasteiger partial charge in [-0.15, -0.1) is 0 Å². The van der Waals surface area contributed by atoms with Crippen molar-refractivity contribution in [2.45, 2.75) is 56.7 Å². The molecule has 4 nitrogen and oxygen atoms in total. The zero-order valence-corrected chi connectivity index (χ0v) is 13.3. The van der Waals surface area contributed by atoms with Crippen LogP contribution in [0.4, 0.5) is 4.39 Å². The van der Waals surface area contributed by atoms with Gasteiger partial charge in [-0.25, -0.2) is 9.18 Å². The van der Waals surface area contributed by atoms with Gasteiger partial charge in [-0.2, -0.15) is 5.10 Å². The molecule has 1 heterocycles. The molecule has 3 aliphatic rings. The van der Waals surface area contributed by atoms with E-state index in [1.54, 1.807) is 23.8 Å². The lowest BCUT2D eigenvalue weighted by atomic mass is 9.95. The van der Waals surface area contributed by atoms with Gasteiger partial charge in [-0.3, -0.25) is 4.68 Å². The Labute approximate surface area is 135 Å². The second-order valence-electron chi connectivity index (χ2n) is 6.76. The van der Waals surface area contributed by atoms with Crippen LogP contribution in [0.3, 0.4) is 0 Å². The Morgan fingerprint density at radius 2 is 2.26 bits per heavy atom. The fourth-order valence-electron chi connectivity index (χ4n) is 4.22. The molecule has 0 N–H and O–H groups in total. The summed E-state index contributed by atoms with van der Waals surface area (Å²) in [5.41, 5.74) is 1.02. The Morgan fingerprint density at radius 3 is 3.00 bits per heavy atom. The number of hydrogen-bond acceptors (Lipinski definition) is 3. The van der Waals surface area contributed by atoms with Crippen molar-refractivity contribution in [2.24, 2.45) is 0 Å². The number of esters is 1. The van der Waals surface area contributed by atoms with Crippen LogP contribution in [0.25, 0.3) is 0 Å². The van der Waals surface area contributed by atoms with E-state index in [0.29, 0.717) is 30.6 Å². The average Bonchev–Trinajstić information content (AvgIpc) is 3.19. The third kappa shape index (κ3) is 2.33. The minimum absolute atomic E-state index is 0.0639. The Morgan fingerprint density at radius 1 is 1.43 bits per heavy atom. The van der Waals surface area contributed by atoms with E-state index >= 15 is 4.39 Å².